The fourth-order valence-corrected chi connectivity index (χ4v) is 1.86. The van der Waals surface area contributed by atoms with Crippen LogP contribution in [0.1, 0.15) is 18.4 Å². The van der Waals surface area contributed by atoms with Crippen molar-refractivity contribution in [3.05, 3.63) is 36.4 Å². The third-order valence-corrected chi connectivity index (χ3v) is 3.04. The Bertz CT molecular complexity index is 541. The van der Waals surface area contributed by atoms with E-state index in [2.05, 4.69) is 20.7 Å². The van der Waals surface area contributed by atoms with Gasteiger partial charge in [-0.3, -0.25) is 9.48 Å². The Morgan fingerprint density at radius 2 is 2.42 bits per heavy atom. The number of aromatic amines is 1. The lowest BCUT2D eigenvalue weighted by Gasteiger charge is -2.03. The zero-order valence-electron chi connectivity index (χ0n) is 10.6. The molecule has 6 nitrogen and oxygen atoms in total. The average molecular weight is 259 g/mol. The topological polar surface area (TPSA) is 74.7 Å². The predicted octanol–water partition coefficient (Wildman–Crippen LogP) is 1.10. The van der Waals surface area contributed by atoms with Gasteiger partial charge in [-0.2, -0.15) is 5.10 Å². The van der Waals surface area contributed by atoms with E-state index in [1.165, 1.54) is 5.56 Å². The van der Waals surface area contributed by atoms with Crippen LogP contribution in [0.15, 0.2) is 30.9 Å². The first kappa shape index (κ1) is 11.8. The van der Waals surface area contributed by atoms with Crippen molar-refractivity contribution in [1.29, 1.82) is 0 Å². The van der Waals surface area contributed by atoms with E-state index in [-0.39, 0.29) is 12.5 Å². The maximum Gasteiger partial charge on any atom is 0.241 e. The van der Waals surface area contributed by atoms with Gasteiger partial charge in [0.15, 0.2) is 0 Å². The molecule has 1 fully saturated rings. The number of carbonyl (C=O) groups excluding carboxylic acids is 1. The van der Waals surface area contributed by atoms with Gasteiger partial charge in [-0.1, -0.05) is 0 Å². The Kier molecular flexibility index (Phi) is 3.22. The van der Waals surface area contributed by atoms with Gasteiger partial charge in [0.05, 0.1) is 11.9 Å². The molecule has 2 aromatic rings. The summed E-state index contributed by atoms with van der Waals surface area (Å²) in [5.74, 6) is 0.0304. The van der Waals surface area contributed by atoms with E-state index >= 15 is 0 Å². The van der Waals surface area contributed by atoms with Crippen molar-refractivity contribution >= 4 is 11.6 Å². The van der Waals surface area contributed by atoms with E-state index < -0.39 is 0 Å². The van der Waals surface area contributed by atoms with Crippen molar-refractivity contribution in [1.82, 2.24) is 20.1 Å². The van der Waals surface area contributed by atoms with Gasteiger partial charge in [0.1, 0.15) is 6.54 Å². The normalized spacial score (nSPS) is 14.3. The van der Waals surface area contributed by atoms with Crippen LogP contribution >= 0.6 is 0 Å². The van der Waals surface area contributed by atoms with E-state index in [0.29, 0.717) is 6.04 Å². The van der Waals surface area contributed by atoms with Crippen molar-refractivity contribution in [2.24, 2.45) is 0 Å². The van der Waals surface area contributed by atoms with Crippen molar-refractivity contribution < 1.29 is 4.79 Å². The van der Waals surface area contributed by atoms with Crippen molar-refractivity contribution in [3.63, 3.8) is 0 Å². The van der Waals surface area contributed by atoms with E-state index in [1.54, 1.807) is 10.9 Å². The Hall–Kier alpha value is -2.24. The van der Waals surface area contributed by atoms with Crippen LogP contribution in [-0.2, 0) is 17.9 Å². The van der Waals surface area contributed by atoms with Crippen LogP contribution in [0, 0.1) is 0 Å². The van der Waals surface area contributed by atoms with E-state index in [1.807, 2.05) is 24.7 Å². The van der Waals surface area contributed by atoms with Gasteiger partial charge >= 0.3 is 0 Å². The first-order valence-corrected chi connectivity index (χ1v) is 6.47. The predicted molar refractivity (Wildman–Crippen MR) is 71.5 cm³/mol. The van der Waals surface area contributed by atoms with Gasteiger partial charge in [0.25, 0.3) is 0 Å². The second-order valence-corrected chi connectivity index (χ2v) is 4.84. The summed E-state index contributed by atoms with van der Waals surface area (Å²) >= 11 is 0. The molecule has 0 spiro atoms. The molecule has 1 amide bonds. The molecule has 0 unspecified atom stereocenters. The summed E-state index contributed by atoms with van der Waals surface area (Å²) in [5, 5.41) is 10.4. The number of amides is 1. The molecule has 2 aromatic heterocycles. The number of hydrogen-bond donors (Lipinski definition) is 3. The zero-order valence-corrected chi connectivity index (χ0v) is 10.6. The third-order valence-electron chi connectivity index (χ3n) is 3.04. The molecule has 100 valence electrons. The average Bonchev–Trinajstić information content (AvgIpc) is 2.91. The minimum absolute atomic E-state index is 0.0304. The van der Waals surface area contributed by atoms with Gasteiger partial charge in [-0.25, -0.2) is 0 Å². The molecule has 1 aliphatic rings. The summed E-state index contributed by atoms with van der Waals surface area (Å²) in [6, 6.07) is 2.41. The highest BCUT2D eigenvalue weighted by Crippen LogP contribution is 2.18. The zero-order chi connectivity index (χ0) is 13.1. The highest BCUT2D eigenvalue weighted by atomic mass is 16.2. The molecule has 2 heterocycles. The Labute approximate surface area is 111 Å². The molecule has 0 atom stereocenters. The molecule has 0 saturated heterocycles. The Morgan fingerprint density at radius 1 is 1.53 bits per heavy atom. The lowest BCUT2D eigenvalue weighted by Crippen LogP contribution is -2.29. The van der Waals surface area contributed by atoms with Gasteiger partial charge < -0.3 is 15.6 Å². The number of nitrogens with zero attached hydrogens (tertiary/aromatic N) is 2. The molecule has 0 aliphatic heterocycles. The highest BCUT2D eigenvalue weighted by Gasteiger charge is 2.23. The van der Waals surface area contributed by atoms with Crippen LogP contribution in [0.25, 0.3) is 0 Å². The molecular weight excluding hydrogens is 242 g/mol. The number of rotatable bonds is 6. The number of anilines is 1. The number of H-pyrrole nitrogens is 1. The SMILES string of the molecule is O=C(Cn1cc(NCc2cc[nH]c2)cn1)NC1CC1. The fraction of sp³-hybridized carbons (Fsp3) is 0.385. The van der Waals surface area contributed by atoms with E-state index in [9.17, 15) is 4.79 Å². The van der Waals surface area contributed by atoms with Crippen molar-refractivity contribution in [2.75, 3.05) is 5.32 Å². The minimum Gasteiger partial charge on any atom is -0.378 e. The molecule has 0 aromatic carbocycles. The summed E-state index contributed by atoms with van der Waals surface area (Å²) < 4.78 is 1.65. The van der Waals surface area contributed by atoms with Gasteiger partial charge in [-0.15, -0.1) is 0 Å². The number of nitrogens with one attached hydrogen (secondary N) is 3. The van der Waals surface area contributed by atoms with Crippen LogP contribution in [0.5, 0.6) is 0 Å². The molecule has 19 heavy (non-hydrogen) atoms. The van der Waals surface area contributed by atoms with Gasteiger partial charge in [-0.05, 0) is 24.5 Å². The van der Waals surface area contributed by atoms with Crippen LogP contribution < -0.4 is 10.6 Å². The first-order valence-electron chi connectivity index (χ1n) is 6.47. The minimum atomic E-state index is 0.0304. The summed E-state index contributed by atoms with van der Waals surface area (Å²) in [4.78, 5) is 14.6. The van der Waals surface area contributed by atoms with E-state index in [4.69, 9.17) is 0 Å². The summed E-state index contributed by atoms with van der Waals surface area (Å²) in [6.07, 6.45) is 9.63. The van der Waals surface area contributed by atoms with Crippen LogP contribution in [0.3, 0.4) is 0 Å². The largest absolute Gasteiger partial charge is 0.378 e. The second kappa shape index (κ2) is 5.17. The van der Waals surface area contributed by atoms with Crippen LogP contribution in [-0.4, -0.2) is 26.7 Å². The van der Waals surface area contributed by atoms with Crippen molar-refractivity contribution in [2.45, 2.75) is 32.0 Å². The molecule has 0 bridgehead atoms. The Morgan fingerprint density at radius 3 is 3.16 bits per heavy atom. The number of carbonyl (C=O) groups is 1. The lowest BCUT2D eigenvalue weighted by atomic mass is 10.3. The summed E-state index contributed by atoms with van der Waals surface area (Å²) in [6.45, 7) is 1.02. The van der Waals surface area contributed by atoms with Crippen LogP contribution in [0.4, 0.5) is 5.69 Å². The number of hydrogen-bond acceptors (Lipinski definition) is 3. The van der Waals surface area contributed by atoms with E-state index in [0.717, 1.165) is 25.1 Å². The summed E-state index contributed by atoms with van der Waals surface area (Å²) in [5.41, 5.74) is 2.10. The fourth-order valence-electron chi connectivity index (χ4n) is 1.86. The lowest BCUT2D eigenvalue weighted by molar-refractivity contribution is -0.122. The molecule has 0 radical (unpaired) electrons. The number of aromatic nitrogens is 3. The molecular formula is C13H17N5O. The maximum atomic E-state index is 11.6. The molecule has 6 heteroatoms. The molecule has 3 rings (SSSR count). The van der Waals surface area contributed by atoms with Gasteiger partial charge in [0, 0.05) is 31.2 Å². The first-order chi connectivity index (χ1) is 9.29. The van der Waals surface area contributed by atoms with Gasteiger partial charge in [0.2, 0.25) is 5.91 Å². The molecule has 1 saturated carbocycles. The molecule has 3 N–H and O–H groups in total. The molecule has 1 aliphatic carbocycles. The maximum absolute atomic E-state index is 11.6. The summed E-state index contributed by atoms with van der Waals surface area (Å²) in [7, 11) is 0. The quantitative estimate of drug-likeness (QED) is 0.727. The standard InChI is InChI=1S/C13H17N5O/c19-13(17-11-1-2-11)9-18-8-12(7-16-18)15-6-10-3-4-14-5-10/h3-5,7-8,11,14-15H,1-2,6,9H2,(H,17,19). The monoisotopic (exact) mass is 259 g/mol. The van der Waals surface area contributed by atoms with Crippen molar-refractivity contribution in [3.8, 4) is 0 Å². The Balaban J connectivity index is 1.49. The smallest absolute Gasteiger partial charge is 0.241 e. The third kappa shape index (κ3) is 3.37. The second-order valence-electron chi connectivity index (χ2n) is 4.84. The van der Waals surface area contributed by atoms with Crippen LogP contribution in [0.2, 0.25) is 0 Å². The highest BCUT2D eigenvalue weighted by molar-refractivity contribution is 5.76.